The molecule has 3 rings (SSSR count). The molecular weight excluding hydrogens is 320 g/mol. The second-order valence-corrected chi connectivity index (χ2v) is 6.39. The summed E-state index contributed by atoms with van der Waals surface area (Å²) in [5.74, 6) is 0. The number of nitrogens with zero attached hydrogens (tertiary/aromatic N) is 1. The van der Waals surface area contributed by atoms with Crippen LogP contribution in [0.3, 0.4) is 0 Å². The van der Waals surface area contributed by atoms with Crippen LogP contribution in [0.2, 0.25) is 5.02 Å². The topological polar surface area (TPSA) is 26.2 Å². The Morgan fingerprint density at radius 1 is 1.08 bits per heavy atom. The van der Waals surface area contributed by atoms with E-state index in [2.05, 4.69) is 52.5 Å². The van der Waals surface area contributed by atoms with Crippen molar-refractivity contribution in [2.75, 3.05) is 20.3 Å². The zero-order valence-electron chi connectivity index (χ0n) is 14.0. The predicted octanol–water partition coefficient (Wildman–Crippen LogP) is 4.47. The molecule has 0 aliphatic rings. The van der Waals surface area contributed by atoms with Gasteiger partial charge in [0.1, 0.15) is 0 Å². The molecule has 0 radical (unpaired) electrons. The first-order valence-electron chi connectivity index (χ1n) is 8.29. The zero-order chi connectivity index (χ0) is 16.8. The molecule has 1 aromatic heterocycles. The van der Waals surface area contributed by atoms with Crippen molar-refractivity contribution in [2.45, 2.75) is 19.5 Å². The minimum Gasteiger partial charge on any atom is -0.385 e. The van der Waals surface area contributed by atoms with E-state index in [0.717, 1.165) is 37.7 Å². The number of hydrogen-bond donors (Lipinski definition) is 1. The Hall–Kier alpha value is -1.81. The van der Waals surface area contributed by atoms with Gasteiger partial charge in [-0.15, -0.1) is 0 Å². The number of ether oxygens (including phenoxy) is 1. The summed E-state index contributed by atoms with van der Waals surface area (Å²) in [6.07, 6.45) is 3.28. The van der Waals surface area contributed by atoms with Gasteiger partial charge in [-0.2, -0.15) is 0 Å². The van der Waals surface area contributed by atoms with Crippen LogP contribution >= 0.6 is 11.6 Å². The number of benzene rings is 2. The number of fused-ring (bicyclic) bond motifs is 1. The molecule has 24 heavy (non-hydrogen) atoms. The van der Waals surface area contributed by atoms with E-state index < -0.39 is 0 Å². The van der Waals surface area contributed by atoms with E-state index in [1.807, 2.05) is 12.1 Å². The molecule has 4 heteroatoms. The van der Waals surface area contributed by atoms with E-state index in [1.165, 1.54) is 22.0 Å². The Labute approximate surface area is 148 Å². The molecule has 0 aliphatic heterocycles. The lowest BCUT2D eigenvalue weighted by Gasteiger charge is -2.05. The average Bonchev–Trinajstić information content (AvgIpc) is 2.95. The van der Waals surface area contributed by atoms with Crippen LogP contribution in [0.25, 0.3) is 10.9 Å². The van der Waals surface area contributed by atoms with E-state index >= 15 is 0 Å². The van der Waals surface area contributed by atoms with Crippen LogP contribution < -0.4 is 5.32 Å². The maximum absolute atomic E-state index is 5.98. The summed E-state index contributed by atoms with van der Waals surface area (Å²) in [5.41, 5.74) is 3.85. The summed E-state index contributed by atoms with van der Waals surface area (Å²) in [7, 11) is 1.74. The van der Waals surface area contributed by atoms with Gasteiger partial charge in [0.25, 0.3) is 0 Å². The standard InChI is InChI=1S/C20H23ClN2O/c1-24-12-4-11-22-13-17-15-23(20-6-3-2-5-19(17)20)14-16-7-9-18(21)10-8-16/h2-3,5-10,15,22H,4,11-14H2,1H3. The lowest BCUT2D eigenvalue weighted by atomic mass is 10.2. The maximum Gasteiger partial charge on any atom is 0.0486 e. The quantitative estimate of drug-likeness (QED) is 0.611. The van der Waals surface area contributed by atoms with Gasteiger partial charge in [0.15, 0.2) is 0 Å². The van der Waals surface area contributed by atoms with Gasteiger partial charge in [-0.25, -0.2) is 0 Å². The van der Waals surface area contributed by atoms with E-state index in [-0.39, 0.29) is 0 Å². The molecule has 126 valence electrons. The fraction of sp³-hybridized carbons (Fsp3) is 0.300. The highest BCUT2D eigenvalue weighted by Gasteiger charge is 2.08. The molecule has 0 aliphatic carbocycles. The maximum atomic E-state index is 5.98. The van der Waals surface area contributed by atoms with E-state index in [0.29, 0.717) is 0 Å². The zero-order valence-corrected chi connectivity index (χ0v) is 14.7. The van der Waals surface area contributed by atoms with Crippen molar-refractivity contribution in [2.24, 2.45) is 0 Å². The van der Waals surface area contributed by atoms with Crippen molar-refractivity contribution in [3.05, 3.63) is 70.9 Å². The molecule has 0 atom stereocenters. The van der Waals surface area contributed by atoms with Crippen LogP contribution in [0.1, 0.15) is 17.5 Å². The number of rotatable bonds is 8. The van der Waals surface area contributed by atoms with Gasteiger partial charge in [-0.05, 0) is 42.3 Å². The molecule has 1 heterocycles. The summed E-state index contributed by atoms with van der Waals surface area (Å²) in [6.45, 7) is 3.48. The normalized spacial score (nSPS) is 11.2. The molecule has 3 nitrogen and oxygen atoms in total. The average molecular weight is 343 g/mol. The highest BCUT2D eigenvalue weighted by Crippen LogP contribution is 2.22. The fourth-order valence-corrected chi connectivity index (χ4v) is 3.07. The Bertz CT molecular complexity index is 780. The Morgan fingerprint density at radius 3 is 2.67 bits per heavy atom. The molecular formula is C20H23ClN2O. The summed E-state index contributed by atoms with van der Waals surface area (Å²) < 4.78 is 7.40. The van der Waals surface area contributed by atoms with Gasteiger partial charge in [0.2, 0.25) is 0 Å². The molecule has 3 aromatic rings. The first kappa shape index (κ1) is 17.0. The van der Waals surface area contributed by atoms with Crippen molar-refractivity contribution < 1.29 is 4.74 Å². The fourth-order valence-electron chi connectivity index (χ4n) is 2.95. The second kappa shape index (κ2) is 8.34. The molecule has 0 unspecified atom stereocenters. The third kappa shape index (κ3) is 4.18. The Balaban J connectivity index is 1.77. The minimum atomic E-state index is 0.775. The first-order valence-corrected chi connectivity index (χ1v) is 8.66. The third-order valence-corrected chi connectivity index (χ3v) is 4.41. The Kier molecular flexibility index (Phi) is 5.91. The largest absolute Gasteiger partial charge is 0.385 e. The van der Waals surface area contributed by atoms with Gasteiger partial charge in [-0.3, -0.25) is 0 Å². The number of hydrogen-bond acceptors (Lipinski definition) is 2. The number of halogens is 1. The summed E-state index contributed by atoms with van der Waals surface area (Å²) >= 11 is 5.98. The van der Waals surface area contributed by atoms with Crippen LogP contribution in [0, 0.1) is 0 Å². The van der Waals surface area contributed by atoms with Crippen LogP contribution in [0.4, 0.5) is 0 Å². The van der Waals surface area contributed by atoms with E-state index in [9.17, 15) is 0 Å². The lowest BCUT2D eigenvalue weighted by molar-refractivity contribution is 0.194. The molecule has 0 fully saturated rings. The van der Waals surface area contributed by atoms with Crippen molar-refractivity contribution >= 4 is 22.5 Å². The van der Waals surface area contributed by atoms with Crippen LogP contribution in [0.15, 0.2) is 54.7 Å². The molecule has 0 bridgehead atoms. The summed E-state index contributed by atoms with van der Waals surface area (Å²) in [6, 6.07) is 16.6. The minimum absolute atomic E-state index is 0.775. The highest BCUT2D eigenvalue weighted by atomic mass is 35.5. The van der Waals surface area contributed by atoms with Crippen LogP contribution in [-0.2, 0) is 17.8 Å². The second-order valence-electron chi connectivity index (χ2n) is 5.95. The molecule has 0 amide bonds. The van der Waals surface area contributed by atoms with Crippen LogP contribution in [0.5, 0.6) is 0 Å². The van der Waals surface area contributed by atoms with Gasteiger partial charge >= 0.3 is 0 Å². The van der Waals surface area contributed by atoms with E-state index in [4.69, 9.17) is 16.3 Å². The summed E-state index contributed by atoms with van der Waals surface area (Å²) in [5, 5.41) is 5.59. The number of aromatic nitrogens is 1. The smallest absolute Gasteiger partial charge is 0.0486 e. The highest BCUT2D eigenvalue weighted by molar-refractivity contribution is 6.30. The monoisotopic (exact) mass is 342 g/mol. The predicted molar refractivity (Wildman–Crippen MR) is 101 cm³/mol. The van der Waals surface area contributed by atoms with Crippen molar-refractivity contribution in [1.29, 1.82) is 0 Å². The van der Waals surface area contributed by atoms with E-state index in [1.54, 1.807) is 7.11 Å². The van der Waals surface area contributed by atoms with Gasteiger partial charge < -0.3 is 14.6 Å². The van der Waals surface area contributed by atoms with Gasteiger partial charge in [0, 0.05) is 48.9 Å². The molecule has 0 spiro atoms. The lowest BCUT2D eigenvalue weighted by Crippen LogP contribution is -2.15. The number of para-hydroxylation sites is 1. The molecule has 2 aromatic carbocycles. The van der Waals surface area contributed by atoms with Crippen molar-refractivity contribution in [1.82, 2.24) is 9.88 Å². The van der Waals surface area contributed by atoms with Gasteiger partial charge in [-0.1, -0.05) is 41.9 Å². The summed E-state index contributed by atoms with van der Waals surface area (Å²) in [4.78, 5) is 0. The molecule has 0 saturated heterocycles. The number of nitrogens with one attached hydrogen (secondary N) is 1. The van der Waals surface area contributed by atoms with Crippen molar-refractivity contribution in [3.8, 4) is 0 Å². The first-order chi connectivity index (χ1) is 11.8. The van der Waals surface area contributed by atoms with Gasteiger partial charge in [0.05, 0.1) is 0 Å². The SMILES string of the molecule is COCCCNCc1cn(Cc2ccc(Cl)cc2)c2ccccc12. The molecule has 0 saturated carbocycles. The Morgan fingerprint density at radius 2 is 1.88 bits per heavy atom. The molecule has 1 N–H and O–H groups in total. The third-order valence-electron chi connectivity index (χ3n) is 4.15. The van der Waals surface area contributed by atoms with Crippen LogP contribution in [-0.4, -0.2) is 24.8 Å². The van der Waals surface area contributed by atoms with Crippen molar-refractivity contribution in [3.63, 3.8) is 0 Å². The number of methoxy groups -OCH3 is 1.